The second-order valence-corrected chi connectivity index (χ2v) is 13.4. The minimum absolute atomic E-state index is 0.398. The van der Waals surface area contributed by atoms with Crippen molar-refractivity contribution in [3.8, 4) is 22.3 Å². The first-order valence-corrected chi connectivity index (χ1v) is 16.7. The van der Waals surface area contributed by atoms with Crippen LogP contribution < -0.4 is 4.90 Å². The number of anilines is 2. The fourth-order valence-electron chi connectivity index (χ4n) is 8.60. The molecule has 0 bridgehead atoms. The summed E-state index contributed by atoms with van der Waals surface area (Å²) in [5, 5.41) is 1.36. The van der Waals surface area contributed by atoms with Crippen molar-refractivity contribution in [3.05, 3.63) is 167 Å². The summed E-state index contributed by atoms with van der Waals surface area (Å²) in [6.07, 6.45) is 10.7. The maximum Gasteiger partial charge on any atom is 0.0498 e. The first-order valence-electron chi connectivity index (χ1n) is 16.7. The van der Waals surface area contributed by atoms with Crippen molar-refractivity contribution in [2.75, 3.05) is 4.90 Å². The SMILES string of the molecule is C/C=C\C=C/Cn1c2c(c3ccc(-c4ccc5c(c4)N(c4ccccc4)C4Cc6cc(C)ccc6C54)cc31)-c1ccc(C)cc1C2. The lowest BCUT2D eigenvalue weighted by molar-refractivity contribution is 0.668. The van der Waals surface area contributed by atoms with Gasteiger partial charge >= 0.3 is 0 Å². The number of fused-ring (bicyclic) bond motifs is 10. The minimum Gasteiger partial charge on any atom is -0.340 e. The van der Waals surface area contributed by atoms with E-state index in [0.29, 0.717) is 12.0 Å². The molecule has 2 nitrogen and oxygen atoms in total. The van der Waals surface area contributed by atoms with Crippen molar-refractivity contribution in [1.29, 1.82) is 0 Å². The summed E-state index contributed by atoms with van der Waals surface area (Å²) in [5.74, 6) is 0.398. The molecule has 2 heterocycles. The Hall–Kier alpha value is -5.08. The van der Waals surface area contributed by atoms with Gasteiger partial charge in [0.25, 0.3) is 0 Å². The summed E-state index contributed by atoms with van der Waals surface area (Å²) in [7, 11) is 0. The van der Waals surface area contributed by atoms with Crippen LogP contribution in [0.25, 0.3) is 33.2 Å². The lowest BCUT2D eigenvalue weighted by Gasteiger charge is -2.27. The molecule has 224 valence electrons. The summed E-state index contributed by atoms with van der Waals surface area (Å²) >= 11 is 0. The number of rotatable bonds is 5. The number of hydrogen-bond donors (Lipinski definition) is 0. The van der Waals surface area contributed by atoms with E-state index in [1.807, 2.05) is 0 Å². The molecule has 0 saturated carbocycles. The fourth-order valence-corrected chi connectivity index (χ4v) is 8.60. The van der Waals surface area contributed by atoms with Gasteiger partial charge in [0.05, 0.1) is 0 Å². The van der Waals surface area contributed by atoms with Crippen LogP contribution >= 0.6 is 0 Å². The van der Waals surface area contributed by atoms with Crippen molar-refractivity contribution >= 4 is 22.3 Å². The van der Waals surface area contributed by atoms with Crippen molar-refractivity contribution in [2.24, 2.45) is 0 Å². The Balaban J connectivity index is 1.19. The van der Waals surface area contributed by atoms with Crippen LogP contribution in [-0.2, 0) is 19.4 Å². The monoisotopic (exact) mass is 594 g/mol. The smallest absolute Gasteiger partial charge is 0.0498 e. The van der Waals surface area contributed by atoms with Gasteiger partial charge in [-0.1, -0.05) is 114 Å². The van der Waals surface area contributed by atoms with Crippen molar-refractivity contribution < 1.29 is 0 Å². The van der Waals surface area contributed by atoms with E-state index >= 15 is 0 Å². The van der Waals surface area contributed by atoms with Gasteiger partial charge in [-0.3, -0.25) is 0 Å². The van der Waals surface area contributed by atoms with Crippen LogP contribution in [0.3, 0.4) is 0 Å². The van der Waals surface area contributed by atoms with Gasteiger partial charge in [0, 0.05) is 58.5 Å². The summed E-state index contributed by atoms with van der Waals surface area (Å²) in [5.41, 5.74) is 19.3. The van der Waals surface area contributed by atoms with E-state index in [1.165, 1.54) is 83.6 Å². The molecular formula is C44H38N2. The number of aromatic nitrogens is 1. The molecule has 2 atom stereocenters. The maximum absolute atomic E-state index is 2.62. The Labute approximate surface area is 272 Å². The molecule has 1 aliphatic heterocycles. The summed E-state index contributed by atoms with van der Waals surface area (Å²) in [6.45, 7) is 7.34. The fraction of sp³-hybridized carbons (Fsp3) is 0.182. The number of aryl methyl sites for hydroxylation is 2. The predicted molar refractivity (Wildman–Crippen MR) is 193 cm³/mol. The highest BCUT2D eigenvalue weighted by atomic mass is 15.2. The summed E-state index contributed by atoms with van der Waals surface area (Å²) < 4.78 is 2.55. The molecule has 0 spiro atoms. The Morgan fingerprint density at radius 3 is 2.35 bits per heavy atom. The molecule has 2 unspecified atom stereocenters. The van der Waals surface area contributed by atoms with E-state index in [2.05, 4.69) is 158 Å². The molecule has 0 amide bonds. The van der Waals surface area contributed by atoms with Gasteiger partial charge in [0.1, 0.15) is 0 Å². The van der Waals surface area contributed by atoms with Crippen LogP contribution in [0.1, 0.15) is 51.9 Å². The molecule has 0 fully saturated rings. The van der Waals surface area contributed by atoms with E-state index < -0.39 is 0 Å². The van der Waals surface area contributed by atoms with E-state index in [4.69, 9.17) is 0 Å². The summed E-state index contributed by atoms with van der Waals surface area (Å²) in [6, 6.07) is 39.8. The zero-order valence-corrected chi connectivity index (χ0v) is 26.8. The lowest BCUT2D eigenvalue weighted by Crippen LogP contribution is -2.28. The molecule has 0 N–H and O–H groups in total. The number of hydrogen-bond acceptors (Lipinski definition) is 1. The van der Waals surface area contributed by atoms with Crippen LogP contribution in [0.5, 0.6) is 0 Å². The van der Waals surface area contributed by atoms with Crippen LogP contribution in [0.15, 0.2) is 127 Å². The number of benzene rings is 5. The second kappa shape index (κ2) is 10.5. The van der Waals surface area contributed by atoms with Crippen molar-refractivity contribution in [1.82, 2.24) is 4.57 Å². The van der Waals surface area contributed by atoms with Gasteiger partial charge in [-0.15, -0.1) is 0 Å². The van der Waals surface area contributed by atoms with Gasteiger partial charge in [-0.05, 0) is 90.4 Å². The average molecular weight is 595 g/mol. The molecule has 2 heteroatoms. The molecular weight excluding hydrogens is 556 g/mol. The van der Waals surface area contributed by atoms with Gasteiger partial charge in [0.15, 0.2) is 0 Å². The highest BCUT2D eigenvalue weighted by Gasteiger charge is 2.45. The Morgan fingerprint density at radius 2 is 1.50 bits per heavy atom. The minimum atomic E-state index is 0.398. The van der Waals surface area contributed by atoms with Crippen LogP contribution in [0, 0.1) is 13.8 Å². The average Bonchev–Trinajstić information content (AvgIpc) is 3.79. The molecule has 3 aliphatic rings. The maximum atomic E-state index is 2.62. The van der Waals surface area contributed by atoms with Crippen molar-refractivity contribution in [2.45, 2.75) is 52.1 Å². The third-order valence-corrected chi connectivity index (χ3v) is 10.6. The van der Waals surface area contributed by atoms with E-state index in [1.54, 1.807) is 0 Å². The van der Waals surface area contributed by atoms with Crippen LogP contribution in [-0.4, -0.2) is 10.6 Å². The standard InChI is InChI=1S/C44H38N2/c1-4-5-6-10-21-45-39-24-30(15-19-37(39)43-35-17-13-28(2)22-32(35)26-41(43)45)31-16-20-38-40(25-31)46(34-11-8-7-9-12-34)42-27-33-23-29(3)14-18-36(33)44(38)42/h4-20,22-25,42,44H,21,26-27H2,1-3H3/b5-4-,10-6-. The topological polar surface area (TPSA) is 8.17 Å². The van der Waals surface area contributed by atoms with E-state index in [9.17, 15) is 0 Å². The zero-order chi connectivity index (χ0) is 30.9. The predicted octanol–water partition coefficient (Wildman–Crippen LogP) is 10.8. The van der Waals surface area contributed by atoms with E-state index in [0.717, 1.165) is 19.4 Å². The van der Waals surface area contributed by atoms with Gasteiger partial charge in [-0.25, -0.2) is 0 Å². The first-order chi connectivity index (χ1) is 22.6. The largest absolute Gasteiger partial charge is 0.340 e. The molecule has 1 aromatic heterocycles. The molecule has 9 rings (SSSR count). The van der Waals surface area contributed by atoms with Crippen LogP contribution in [0.2, 0.25) is 0 Å². The number of para-hydroxylation sites is 1. The molecule has 0 saturated heterocycles. The van der Waals surface area contributed by atoms with Crippen LogP contribution in [0.4, 0.5) is 11.4 Å². The molecule has 6 aromatic rings. The van der Waals surface area contributed by atoms with Gasteiger partial charge in [0.2, 0.25) is 0 Å². The van der Waals surface area contributed by atoms with Gasteiger partial charge < -0.3 is 9.47 Å². The molecule has 5 aromatic carbocycles. The Kier molecular flexibility index (Phi) is 6.21. The molecule has 46 heavy (non-hydrogen) atoms. The summed E-state index contributed by atoms with van der Waals surface area (Å²) in [4.78, 5) is 2.62. The highest BCUT2D eigenvalue weighted by Crippen LogP contribution is 2.54. The molecule has 2 aliphatic carbocycles. The third kappa shape index (κ3) is 4.09. The highest BCUT2D eigenvalue weighted by molar-refractivity contribution is 6.03. The van der Waals surface area contributed by atoms with Gasteiger partial charge in [-0.2, -0.15) is 0 Å². The quantitative estimate of drug-likeness (QED) is 0.180. The number of allylic oxidation sites excluding steroid dienone is 4. The number of nitrogens with zero attached hydrogens (tertiary/aromatic N) is 2. The first kappa shape index (κ1) is 27.2. The Morgan fingerprint density at radius 1 is 0.739 bits per heavy atom. The molecule has 0 radical (unpaired) electrons. The lowest BCUT2D eigenvalue weighted by atomic mass is 9.91. The Bertz CT molecular complexity index is 2230. The normalized spacial score (nSPS) is 17.6. The van der Waals surface area contributed by atoms with E-state index in [-0.39, 0.29) is 0 Å². The van der Waals surface area contributed by atoms with Crippen molar-refractivity contribution in [3.63, 3.8) is 0 Å². The third-order valence-electron chi connectivity index (χ3n) is 10.6. The second-order valence-electron chi connectivity index (χ2n) is 13.4. The zero-order valence-electron chi connectivity index (χ0n) is 26.8.